The van der Waals surface area contributed by atoms with Crippen molar-refractivity contribution in [1.82, 2.24) is 15.0 Å². The minimum Gasteiger partial charge on any atom is -0.390 e. The van der Waals surface area contributed by atoms with Crippen LogP contribution in [-0.4, -0.2) is 51.5 Å². The van der Waals surface area contributed by atoms with Crippen LogP contribution >= 0.6 is 0 Å². The summed E-state index contributed by atoms with van der Waals surface area (Å²) in [5, 5.41) is 14.5. The molecule has 4 rings (SSSR count). The van der Waals surface area contributed by atoms with Crippen molar-refractivity contribution in [3.8, 4) is 0 Å². The second-order valence-electron chi connectivity index (χ2n) is 7.38. The van der Waals surface area contributed by atoms with Gasteiger partial charge in [-0.3, -0.25) is 4.90 Å². The molecule has 1 aliphatic carbocycles. The third-order valence-corrected chi connectivity index (χ3v) is 5.87. The predicted octanol–water partition coefficient (Wildman–Crippen LogP) is 2.23. The van der Waals surface area contributed by atoms with Crippen LogP contribution in [0.3, 0.4) is 0 Å². The summed E-state index contributed by atoms with van der Waals surface area (Å²) in [5.74, 6) is 2.11. The van der Waals surface area contributed by atoms with Gasteiger partial charge in [0.2, 0.25) is 5.89 Å². The highest BCUT2D eigenvalue weighted by Crippen LogP contribution is 2.36. The van der Waals surface area contributed by atoms with Gasteiger partial charge in [-0.15, -0.1) is 0 Å². The summed E-state index contributed by atoms with van der Waals surface area (Å²) in [4.78, 5) is 6.95. The van der Waals surface area contributed by atoms with Crippen LogP contribution in [0.4, 0.5) is 0 Å². The van der Waals surface area contributed by atoms with Gasteiger partial charge < -0.3 is 14.4 Å². The smallest absolute Gasteiger partial charge is 0.229 e. The zero-order valence-corrected chi connectivity index (χ0v) is 13.7. The quantitative estimate of drug-likeness (QED) is 0.920. The Labute approximate surface area is 137 Å². The minimum atomic E-state index is -0.308. The Bertz CT molecular complexity index is 519. The minimum absolute atomic E-state index is 0.305. The maximum absolute atomic E-state index is 10.3. The normalized spacial score (nSPS) is 29.3. The van der Waals surface area contributed by atoms with E-state index in [1.807, 2.05) is 0 Å². The van der Waals surface area contributed by atoms with E-state index >= 15 is 0 Å². The van der Waals surface area contributed by atoms with E-state index in [1.54, 1.807) is 0 Å². The lowest BCUT2D eigenvalue weighted by Gasteiger charge is -2.46. The average molecular weight is 321 g/mol. The lowest BCUT2D eigenvalue weighted by atomic mass is 9.82. The summed E-state index contributed by atoms with van der Waals surface area (Å²) < 4.78 is 11.4. The van der Waals surface area contributed by atoms with E-state index in [2.05, 4.69) is 15.0 Å². The van der Waals surface area contributed by atoms with Crippen LogP contribution in [0.25, 0.3) is 0 Å². The molecule has 3 heterocycles. The molecule has 0 radical (unpaired) electrons. The summed E-state index contributed by atoms with van der Waals surface area (Å²) in [7, 11) is 0. The maximum atomic E-state index is 10.3. The molecule has 1 unspecified atom stereocenters. The van der Waals surface area contributed by atoms with Gasteiger partial charge in [-0.1, -0.05) is 18.0 Å². The lowest BCUT2D eigenvalue weighted by Crippen LogP contribution is -2.55. The van der Waals surface area contributed by atoms with Crippen LogP contribution < -0.4 is 0 Å². The van der Waals surface area contributed by atoms with Crippen LogP contribution in [0.2, 0.25) is 0 Å². The molecule has 6 heteroatoms. The number of hydrogen-bond acceptors (Lipinski definition) is 6. The van der Waals surface area contributed by atoms with E-state index in [0.717, 1.165) is 63.6 Å². The van der Waals surface area contributed by atoms with Crippen LogP contribution in [0.5, 0.6) is 0 Å². The monoisotopic (exact) mass is 321 g/mol. The second-order valence-corrected chi connectivity index (χ2v) is 7.38. The number of aliphatic hydroxyl groups excluding tert-OH is 1. The Morgan fingerprint density at radius 1 is 1.13 bits per heavy atom. The molecule has 1 aromatic rings. The molecule has 1 saturated carbocycles. The van der Waals surface area contributed by atoms with Gasteiger partial charge in [-0.05, 0) is 38.5 Å². The maximum Gasteiger partial charge on any atom is 0.229 e. The number of hydrogen-bond donors (Lipinski definition) is 1. The molecule has 0 amide bonds. The molecule has 1 aromatic heterocycles. The highest BCUT2D eigenvalue weighted by atomic mass is 16.5. The van der Waals surface area contributed by atoms with E-state index in [-0.39, 0.29) is 11.7 Å². The van der Waals surface area contributed by atoms with Crippen LogP contribution in [0.15, 0.2) is 4.52 Å². The fraction of sp³-hybridized carbons (Fsp3) is 0.882. The molecule has 0 bridgehead atoms. The zero-order valence-electron chi connectivity index (χ0n) is 13.7. The molecule has 128 valence electrons. The highest BCUT2D eigenvalue weighted by Gasteiger charge is 2.43. The summed E-state index contributed by atoms with van der Waals surface area (Å²) in [5.41, 5.74) is -0.305. The molecular weight excluding hydrogens is 294 g/mol. The Morgan fingerprint density at radius 2 is 1.91 bits per heavy atom. The van der Waals surface area contributed by atoms with Gasteiger partial charge in [0.05, 0.1) is 18.2 Å². The largest absolute Gasteiger partial charge is 0.390 e. The van der Waals surface area contributed by atoms with Gasteiger partial charge in [-0.25, -0.2) is 0 Å². The van der Waals surface area contributed by atoms with Crippen molar-refractivity contribution in [1.29, 1.82) is 0 Å². The molecule has 3 aliphatic rings. The van der Waals surface area contributed by atoms with Crippen molar-refractivity contribution in [3.63, 3.8) is 0 Å². The number of rotatable bonds is 3. The second kappa shape index (κ2) is 6.49. The molecule has 23 heavy (non-hydrogen) atoms. The fourth-order valence-corrected chi connectivity index (χ4v) is 4.35. The van der Waals surface area contributed by atoms with E-state index in [1.165, 1.54) is 25.7 Å². The summed E-state index contributed by atoms with van der Waals surface area (Å²) in [6.07, 6.45) is 8.24. The average Bonchev–Trinajstić information content (AvgIpc) is 3.24. The van der Waals surface area contributed by atoms with Crippen molar-refractivity contribution < 1.29 is 14.4 Å². The molecular formula is C17H27N3O3. The predicted molar refractivity (Wildman–Crippen MR) is 83.9 cm³/mol. The Hall–Kier alpha value is -0.980. The third kappa shape index (κ3) is 3.16. The van der Waals surface area contributed by atoms with Crippen molar-refractivity contribution >= 4 is 0 Å². The Balaban J connectivity index is 1.32. The lowest BCUT2D eigenvalue weighted by molar-refractivity contribution is -0.177. The first-order chi connectivity index (χ1) is 11.3. The van der Waals surface area contributed by atoms with Crippen LogP contribution in [0.1, 0.15) is 69.0 Å². The van der Waals surface area contributed by atoms with Crippen LogP contribution in [0, 0.1) is 0 Å². The third-order valence-electron chi connectivity index (χ3n) is 5.87. The van der Waals surface area contributed by atoms with Gasteiger partial charge in [0.25, 0.3) is 0 Å². The van der Waals surface area contributed by atoms with E-state index in [4.69, 9.17) is 9.26 Å². The number of aromatic nitrogens is 2. The molecule has 0 aromatic carbocycles. The molecule has 2 saturated heterocycles. The number of aliphatic hydroxyl groups is 1. The van der Waals surface area contributed by atoms with Gasteiger partial charge in [-0.2, -0.15) is 4.98 Å². The number of nitrogens with zero attached hydrogens (tertiary/aromatic N) is 3. The zero-order chi connectivity index (χ0) is 15.7. The number of ether oxygens (including phenoxy) is 1. The van der Waals surface area contributed by atoms with Crippen molar-refractivity contribution in [2.45, 2.75) is 75.5 Å². The van der Waals surface area contributed by atoms with E-state index in [9.17, 15) is 5.11 Å². The summed E-state index contributed by atoms with van der Waals surface area (Å²) >= 11 is 0. The van der Waals surface area contributed by atoms with Gasteiger partial charge in [0.1, 0.15) is 0 Å². The molecule has 6 nitrogen and oxygen atoms in total. The SMILES string of the molecule is OC1CCCOC12CCN(Cc1noc(C3CCCC3)n1)CC2. The van der Waals surface area contributed by atoms with Crippen molar-refractivity contribution in [3.05, 3.63) is 11.7 Å². The fourth-order valence-electron chi connectivity index (χ4n) is 4.35. The van der Waals surface area contributed by atoms with Gasteiger partial charge >= 0.3 is 0 Å². The first-order valence-corrected chi connectivity index (χ1v) is 9.12. The first kappa shape index (κ1) is 15.5. The number of piperidine rings is 1. The Morgan fingerprint density at radius 3 is 2.65 bits per heavy atom. The van der Waals surface area contributed by atoms with Gasteiger partial charge in [0, 0.05) is 25.6 Å². The number of likely N-dealkylation sites (tertiary alicyclic amines) is 1. The molecule has 1 N–H and O–H groups in total. The van der Waals surface area contributed by atoms with Crippen molar-refractivity contribution in [2.75, 3.05) is 19.7 Å². The Kier molecular flexibility index (Phi) is 4.39. The highest BCUT2D eigenvalue weighted by molar-refractivity contribution is 4.99. The first-order valence-electron chi connectivity index (χ1n) is 9.12. The summed E-state index contributed by atoms with van der Waals surface area (Å²) in [6, 6.07) is 0. The molecule has 2 aliphatic heterocycles. The van der Waals surface area contributed by atoms with Gasteiger partial charge in [0.15, 0.2) is 5.82 Å². The molecule has 1 atom stereocenters. The van der Waals surface area contributed by atoms with Crippen LogP contribution in [-0.2, 0) is 11.3 Å². The van der Waals surface area contributed by atoms with Crippen molar-refractivity contribution in [2.24, 2.45) is 0 Å². The van der Waals surface area contributed by atoms with E-state index in [0.29, 0.717) is 5.92 Å². The molecule has 3 fully saturated rings. The van der Waals surface area contributed by atoms with E-state index < -0.39 is 0 Å². The topological polar surface area (TPSA) is 71.6 Å². The summed E-state index contributed by atoms with van der Waals surface area (Å²) in [6.45, 7) is 3.36. The standard InChI is InChI=1S/C17H27N3O3/c21-14-6-3-11-22-17(14)7-9-20(10-8-17)12-15-18-16(23-19-15)13-4-1-2-5-13/h13-14,21H,1-12H2. The molecule has 1 spiro atoms.